The second-order valence-electron chi connectivity index (χ2n) is 6.42. The van der Waals surface area contributed by atoms with Gasteiger partial charge in [0.1, 0.15) is 17.8 Å². The molecule has 3 aromatic rings. The second kappa shape index (κ2) is 7.49. The lowest BCUT2D eigenvalue weighted by molar-refractivity contribution is 0.0995. The van der Waals surface area contributed by atoms with E-state index < -0.39 is 5.91 Å². The molecule has 0 aliphatic carbocycles. The van der Waals surface area contributed by atoms with Crippen molar-refractivity contribution >= 4 is 11.7 Å². The Morgan fingerprint density at radius 1 is 1.19 bits per heavy atom. The molecular weight excluding hydrogens is 344 g/mol. The van der Waals surface area contributed by atoms with Crippen LogP contribution in [-0.2, 0) is 12.8 Å². The van der Waals surface area contributed by atoms with Crippen LogP contribution in [0.2, 0.25) is 0 Å². The van der Waals surface area contributed by atoms with Gasteiger partial charge in [-0.1, -0.05) is 12.1 Å². The van der Waals surface area contributed by atoms with Crippen LogP contribution in [0.4, 0.5) is 5.82 Å². The number of aromatic nitrogens is 2. The maximum Gasteiger partial charge on any atom is 0.270 e. The van der Waals surface area contributed by atoms with E-state index in [1.807, 2.05) is 38.1 Å². The number of carbonyl (C=O) groups excluding carboxylic acids is 1. The minimum absolute atomic E-state index is 0.123. The highest BCUT2D eigenvalue weighted by atomic mass is 16.5. The molecule has 0 aliphatic heterocycles. The first-order valence-electron chi connectivity index (χ1n) is 8.50. The number of anilines is 1. The Labute approximate surface area is 157 Å². The van der Waals surface area contributed by atoms with Gasteiger partial charge in [0, 0.05) is 18.5 Å². The lowest BCUT2D eigenvalue weighted by Crippen LogP contribution is -2.11. The zero-order valence-electron chi connectivity index (χ0n) is 15.6. The van der Waals surface area contributed by atoms with E-state index in [9.17, 15) is 4.79 Å². The molecule has 1 amide bonds. The van der Waals surface area contributed by atoms with E-state index in [0.717, 1.165) is 33.7 Å². The van der Waals surface area contributed by atoms with Crippen molar-refractivity contribution in [2.24, 2.45) is 5.73 Å². The van der Waals surface area contributed by atoms with E-state index in [0.29, 0.717) is 24.6 Å². The Morgan fingerprint density at radius 3 is 2.59 bits per heavy atom. The number of hydrogen-bond acceptors (Lipinski definition) is 6. The van der Waals surface area contributed by atoms with Crippen molar-refractivity contribution in [2.45, 2.75) is 26.7 Å². The largest absolute Gasteiger partial charge is 0.496 e. The number of nitrogen functional groups attached to an aromatic ring is 1. The normalized spacial score (nSPS) is 10.8. The molecule has 2 heterocycles. The molecule has 0 radical (unpaired) electrons. The fourth-order valence-electron chi connectivity index (χ4n) is 3.11. The number of hydrogen-bond donors (Lipinski definition) is 2. The highest BCUT2D eigenvalue weighted by molar-refractivity contribution is 5.90. The predicted molar refractivity (Wildman–Crippen MR) is 102 cm³/mol. The summed E-state index contributed by atoms with van der Waals surface area (Å²) in [4.78, 5) is 19.6. The van der Waals surface area contributed by atoms with Gasteiger partial charge >= 0.3 is 0 Å². The van der Waals surface area contributed by atoms with Gasteiger partial charge in [-0.25, -0.2) is 9.97 Å². The summed E-state index contributed by atoms with van der Waals surface area (Å²) in [5.41, 5.74) is 16.3. The van der Waals surface area contributed by atoms with Crippen molar-refractivity contribution in [1.82, 2.24) is 9.97 Å². The molecule has 0 unspecified atom stereocenters. The highest BCUT2D eigenvalue weighted by Crippen LogP contribution is 2.27. The Bertz CT molecular complexity index is 972. The Morgan fingerprint density at radius 2 is 1.96 bits per heavy atom. The number of rotatable bonds is 6. The standard InChI is InChI=1S/C20H22N4O3/c1-11-6-18(21)23-12(2)15(11)9-14-7-13(4-5-17(14)26-3)8-19-24-16(10-27-19)20(22)25/h4-7,10H,8-9H2,1-3H3,(H2,21,23)(H2,22,25). The average molecular weight is 366 g/mol. The zero-order valence-corrected chi connectivity index (χ0v) is 15.6. The molecule has 7 nitrogen and oxygen atoms in total. The molecule has 0 spiro atoms. The minimum Gasteiger partial charge on any atom is -0.496 e. The molecule has 0 bridgehead atoms. The summed E-state index contributed by atoms with van der Waals surface area (Å²) in [6.45, 7) is 3.97. The number of amides is 1. The summed E-state index contributed by atoms with van der Waals surface area (Å²) in [5.74, 6) is 1.13. The molecule has 140 valence electrons. The highest BCUT2D eigenvalue weighted by Gasteiger charge is 2.13. The van der Waals surface area contributed by atoms with Gasteiger partial charge < -0.3 is 20.6 Å². The van der Waals surface area contributed by atoms with E-state index >= 15 is 0 Å². The van der Waals surface area contributed by atoms with Gasteiger partial charge in [0.05, 0.1) is 7.11 Å². The van der Waals surface area contributed by atoms with Crippen LogP contribution in [0.1, 0.15) is 44.3 Å². The van der Waals surface area contributed by atoms with Gasteiger partial charge in [0.15, 0.2) is 11.6 Å². The third-order valence-electron chi connectivity index (χ3n) is 4.45. The van der Waals surface area contributed by atoms with E-state index in [2.05, 4.69) is 9.97 Å². The Hall–Kier alpha value is -3.35. The number of primary amides is 1. The van der Waals surface area contributed by atoms with Crippen molar-refractivity contribution in [3.8, 4) is 5.75 Å². The molecule has 0 fully saturated rings. The van der Waals surface area contributed by atoms with Crippen LogP contribution in [-0.4, -0.2) is 23.0 Å². The summed E-state index contributed by atoms with van der Waals surface area (Å²) in [6.07, 6.45) is 2.39. The molecule has 7 heteroatoms. The van der Waals surface area contributed by atoms with Gasteiger partial charge in [-0.05, 0) is 48.2 Å². The van der Waals surface area contributed by atoms with Crippen LogP contribution in [0.25, 0.3) is 0 Å². The number of benzene rings is 1. The fraction of sp³-hybridized carbons (Fsp3) is 0.250. The number of aryl methyl sites for hydroxylation is 2. The maximum atomic E-state index is 11.2. The van der Waals surface area contributed by atoms with Crippen molar-refractivity contribution < 1.29 is 13.9 Å². The summed E-state index contributed by atoms with van der Waals surface area (Å²) >= 11 is 0. The zero-order chi connectivity index (χ0) is 19.6. The van der Waals surface area contributed by atoms with Crippen LogP contribution >= 0.6 is 0 Å². The molecule has 0 saturated heterocycles. The van der Waals surface area contributed by atoms with Gasteiger partial charge in [0.2, 0.25) is 0 Å². The minimum atomic E-state index is -0.609. The molecule has 4 N–H and O–H groups in total. The first kappa shape index (κ1) is 18.4. The van der Waals surface area contributed by atoms with E-state index in [1.165, 1.54) is 6.26 Å². The Balaban J connectivity index is 1.91. The predicted octanol–water partition coefficient (Wildman–Crippen LogP) is 2.56. The van der Waals surface area contributed by atoms with E-state index in [1.54, 1.807) is 7.11 Å². The van der Waals surface area contributed by atoms with E-state index in [-0.39, 0.29) is 5.69 Å². The number of nitrogens with two attached hydrogens (primary N) is 2. The van der Waals surface area contributed by atoms with Gasteiger partial charge in [-0.2, -0.15) is 0 Å². The molecule has 2 aromatic heterocycles. The quantitative estimate of drug-likeness (QED) is 0.692. The van der Waals surface area contributed by atoms with Crippen LogP contribution < -0.4 is 16.2 Å². The van der Waals surface area contributed by atoms with E-state index in [4.69, 9.17) is 20.6 Å². The molecule has 1 aromatic carbocycles. The number of ether oxygens (including phenoxy) is 1. The van der Waals surface area contributed by atoms with Crippen LogP contribution in [0.3, 0.4) is 0 Å². The molecular formula is C20H22N4O3. The third-order valence-corrected chi connectivity index (χ3v) is 4.45. The smallest absolute Gasteiger partial charge is 0.270 e. The van der Waals surface area contributed by atoms with Crippen molar-refractivity contribution in [1.29, 1.82) is 0 Å². The molecule has 27 heavy (non-hydrogen) atoms. The molecule has 0 atom stereocenters. The first-order chi connectivity index (χ1) is 12.9. The van der Waals surface area contributed by atoms with Gasteiger partial charge in [-0.3, -0.25) is 4.79 Å². The number of nitrogens with zero attached hydrogens (tertiary/aromatic N) is 2. The summed E-state index contributed by atoms with van der Waals surface area (Å²) in [6, 6.07) is 7.77. The van der Waals surface area contributed by atoms with Gasteiger partial charge in [-0.15, -0.1) is 0 Å². The number of carbonyl (C=O) groups is 1. The van der Waals surface area contributed by atoms with Crippen LogP contribution in [0.5, 0.6) is 5.75 Å². The molecule has 0 aliphatic rings. The Kier molecular flexibility index (Phi) is 5.12. The number of methoxy groups -OCH3 is 1. The van der Waals surface area contributed by atoms with Crippen LogP contribution in [0, 0.1) is 13.8 Å². The summed E-state index contributed by atoms with van der Waals surface area (Å²) < 4.78 is 10.8. The first-order valence-corrected chi connectivity index (χ1v) is 8.50. The summed E-state index contributed by atoms with van der Waals surface area (Å²) in [5, 5.41) is 0. The maximum absolute atomic E-state index is 11.2. The fourth-order valence-corrected chi connectivity index (χ4v) is 3.11. The lowest BCUT2D eigenvalue weighted by Gasteiger charge is -2.14. The SMILES string of the molecule is COc1ccc(Cc2nc(C(N)=O)co2)cc1Cc1c(C)cc(N)nc1C. The second-order valence-corrected chi connectivity index (χ2v) is 6.42. The van der Waals surface area contributed by atoms with Crippen molar-refractivity contribution in [3.05, 3.63) is 70.1 Å². The topological polar surface area (TPSA) is 117 Å². The average Bonchev–Trinajstić information content (AvgIpc) is 3.07. The molecule has 3 rings (SSSR count). The third kappa shape index (κ3) is 4.08. The van der Waals surface area contributed by atoms with Gasteiger partial charge in [0.25, 0.3) is 5.91 Å². The number of oxazole rings is 1. The number of pyridine rings is 1. The molecule has 0 saturated carbocycles. The van der Waals surface area contributed by atoms with Crippen molar-refractivity contribution in [2.75, 3.05) is 12.8 Å². The summed E-state index contributed by atoms with van der Waals surface area (Å²) in [7, 11) is 1.65. The monoisotopic (exact) mass is 366 g/mol. The van der Waals surface area contributed by atoms with Crippen molar-refractivity contribution in [3.63, 3.8) is 0 Å². The van der Waals surface area contributed by atoms with Crippen LogP contribution in [0.15, 0.2) is 34.9 Å². The lowest BCUT2D eigenvalue weighted by atomic mass is 9.96.